The van der Waals surface area contributed by atoms with E-state index in [-0.39, 0.29) is 11.2 Å². The average molecular weight is 202 g/mol. The SMILES string of the molecule is O=C(O)c1nnc2n1CCCC2Cl. The normalized spacial score (nSPS) is 21.2. The quantitative estimate of drug-likeness (QED) is 0.690. The number of carbonyl (C=O) groups is 1. The van der Waals surface area contributed by atoms with Crippen LogP contribution in [0.5, 0.6) is 0 Å². The second-order valence-corrected chi connectivity index (χ2v) is 3.48. The summed E-state index contributed by atoms with van der Waals surface area (Å²) < 4.78 is 1.57. The maximum Gasteiger partial charge on any atom is 0.374 e. The summed E-state index contributed by atoms with van der Waals surface area (Å²) in [5, 5.41) is 15.9. The second kappa shape index (κ2) is 2.99. The van der Waals surface area contributed by atoms with Crippen LogP contribution in [-0.4, -0.2) is 25.8 Å². The monoisotopic (exact) mass is 201 g/mol. The molecule has 1 aromatic rings. The molecule has 1 unspecified atom stereocenters. The minimum atomic E-state index is -1.05. The van der Waals surface area contributed by atoms with Crippen LogP contribution in [0.15, 0.2) is 0 Å². The molecule has 2 rings (SSSR count). The maximum absolute atomic E-state index is 10.7. The molecule has 0 bridgehead atoms. The first-order valence-electron chi connectivity index (χ1n) is 4.00. The molecule has 0 spiro atoms. The molecule has 0 aromatic carbocycles. The van der Waals surface area contributed by atoms with Crippen LogP contribution in [0.1, 0.15) is 34.7 Å². The predicted molar refractivity (Wildman–Crippen MR) is 44.8 cm³/mol. The molecule has 1 atom stereocenters. The Balaban J connectivity index is 2.47. The van der Waals surface area contributed by atoms with Gasteiger partial charge in [-0.15, -0.1) is 21.8 Å². The first kappa shape index (κ1) is 8.50. The zero-order valence-electron chi connectivity index (χ0n) is 6.77. The van der Waals surface area contributed by atoms with Gasteiger partial charge in [0.1, 0.15) is 0 Å². The molecule has 0 amide bonds. The van der Waals surface area contributed by atoms with Gasteiger partial charge < -0.3 is 9.67 Å². The molecule has 6 heteroatoms. The molecule has 5 nitrogen and oxygen atoms in total. The topological polar surface area (TPSA) is 68.0 Å². The van der Waals surface area contributed by atoms with Gasteiger partial charge in [-0.1, -0.05) is 0 Å². The van der Waals surface area contributed by atoms with Crippen LogP contribution < -0.4 is 0 Å². The number of fused-ring (bicyclic) bond motifs is 1. The highest BCUT2D eigenvalue weighted by Crippen LogP contribution is 2.29. The van der Waals surface area contributed by atoms with E-state index in [0.29, 0.717) is 12.4 Å². The van der Waals surface area contributed by atoms with Crippen molar-refractivity contribution in [2.45, 2.75) is 24.8 Å². The number of carboxylic acids is 1. The van der Waals surface area contributed by atoms with Crippen molar-refractivity contribution in [3.05, 3.63) is 11.6 Å². The lowest BCUT2D eigenvalue weighted by atomic mass is 10.1. The lowest BCUT2D eigenvalue weighted by Crippen LogP contribution is -2.17. The smallest absolute Gasteiger partial charge is 0.374 e. The molecule has 0 saturated carbocycles. The minimum absolute atomic E-state index is 0.0136. The summed E-state index contributed by atoms with van der Waals surface area (Å²) in [5.41, 5.74) is 0. The molecule has 2 heterocycles. The number of aromatic carboxylic acids is 1. The fourth-order valence-electron chi connectivity index (χ4n) is 1.48. The van der Waals surface area contributed by atoms with Crippen molar-refractivity contribution in [3.8, 4) is 0 Å². The van der Waals surface area contributed by atoms with E-state index in [9.17, 15) is 4.79 Å². The van der Waals surface area contributed by atoms with Gasteiger partial charge in [-0.2, -0.15) is 0 Å². The Labute approximate surface area is 79.3 Å². The van der Waals surface area contributed by atoms with Crippen LogP contribution in [0.2, 0.25) is 0 Å². The Kier molecular flexibility index (Phi) is 1.95. The summed E-state index contributed by atoms with van der Waals surface area (Å²) in [4.78, 5) is 10.7. The van der Waals surface area contributed by atoms with Crippen LogP contribution >= 0.6 is 11.6 Å². The van der Waals surface area contributed by atoms with Gasteiger partial charge in [-0.25, -0.2) is 4.79 Å². The molecular weight excluding hydrogens is 194 g/mol. The van der Waals surface area contributed by atoms with Crippen molar-refractivity contribution in [1.82, 2.24) is 14.8 Å². The number of rotatable bonds is 1. The van der Waals surface area contributed by atoms with Crippen LogP contribution in [0, 0.1) is 0 Å². The average Bonchev–Trinajstić information content (AvgIpc) is 2.48. The number of hydrogen-bond acceptors (Lipinski definition) is 3. The second-order valence-electron chi connectivity index (χ2n) is 2.95. The van der Waals surface area contributed by atoms with E-state index < -0.39 is 5.97 Å². The van der Waals surface area contributed by atoms with Gasteiger partial charge in [0.2, 0.25) is 5.82 Å². The first-order valence-corrected chi connectivity index (χ1v) is 4.44. The Morgan fingerprint density at radius 3 is 3.08 bits per heavy atom. The highest BCUT2D eigenvalue weighted by atomic mass is 35.5. The van der Waals surface area contributed by atoms with Crippen molar-refractivity contribution in [3.63, 3.8) is 0 Å². The Morgan fingerprint density at radius 2 is 2.38 bits per heavy atom. The lowest BCUT2D eigenvalue weighted by molar-refractivity contribution is 0.0676. The Hall–Kier alpha value is -1.10. The predicted octanol–water partition coefficient (Wildman–Crippen LogP) is 1.05. The maximum atomic E-state index is 10.7. The van der Waals surface area contributed by atoms with E-state index >= 15 is 0 Å². The molecular formula is C7H8ClN3O2. The van der Waals surface area contributed by atoms with Gasteiger partial charge >= 0.3 is 5.97 Å². The third kappa shape index (κ3) is 1.29. The van der Waals surface area contributed by atoms with E-state index in [1.54, 1.807) is 4.57 Å². The van der Waals surface area contributed by atoms with Crippen molar-refractivity contribution < 1.29 is 9.90 Å². The van der Waals surface area contributed by atoms with E-state index in [2.05, 4.69) is 10.2 Å². The third-order valence-corrected chi connectivity index (χ3v) is 2.50. The van der Waals surface area contributed by atoms with Crippen molar-refractivity contribution >= 4 is 17.6 Å². The number of carboxylic acid groups (broad SMARTS) is 1. The third-order valence-electron chi connectivity index (χ3n) is 2.09. The number of aromatic nitrogens is 3. The summed E-state index contributed by atoms with van der Waals surface area (Å²) in [6.45, 7) is 0.646. The van der Waals surface area contributed by atoms with Crippen molar-refractivity contribution in [1.29, 1.82) is 0 Å². The highest BCUT2D eigenvalue weighted by molar-refractivity contribution is 6.20. The highest BCUT2D eigenvalue weighted by Gasteiger charge is 2.25. The minimum Gasteiger partial charge on any atom is -0.475 e. The van der Waals surface area contributed by atoms with E-state index in [1.165, 1.54) is 0 Å². The van der Waals surface area contributed by atoms with Crippen molar-refractivity contribution in [2.75, 3.05) is 0 Å². The number of hydrogen-bond donors (Lipinski definition) is 1. The number of alkyl halides is 1. The summed E-state index contributed by atoms with van der Waals surface area (Å²) in [6.07, 6.45) is 1.71. The van der Waals surface area contributed by atoms with Gasteiger partial charge in [0.15, 0.2) is 5.82 Å². The van der Waals surface area contributed by atoms with Gasteiger partial charge in [0.05, 0.1) is 5.38 Å². The van der Waals surface area contributed by atoms with E-state index in [1.807, 2.05) is 0 Å². The van der Waals surface area contributed by atoms with Crippen LogP contribution in [-0.2, 0) is 6.54 Å². The fourth-order valence-corrected chi connectivity index (χ4v) is 1.80. The summed E-state index contributed by atoms with van der Waals surface area (Å²) >= 11 is 5.95. The lowest BCUT2D eigenvalue weighted by Gasteiger charge is -2.17. The van der Waals surface area contributed by atoms with Gasteiger partial charge in [-0.05, 0) is 12.8 Å². The van der Waals surface area contributed by atoms with E-state index in [0.717, 1.165) is 12.8 Å². The van der Waals surface area contributed by atoms with Gasteiger partial charge in [-0.3, -0.25) is 0 Å². The number of nitrogens with zero attached hydrogens (tertiary/aromatic N) is 3. The van der Waals surface area contributed by atoms with Gasteiger partial charge in [0.25, 0.3) is 0 Å². The molecule has 1 aromatic heterocycles. The molecule has 0 fully saturated rings. The molecule has 70 valence electrons. The first-order chi connectivity index (χ1) is 6.20. The zero-order chi connectivity index (χ0) is 9.42. The molecule has 0 radical (unpaired) electrons. The van der Waals surface area contributed by atoms with Crippen LogP contribution in [0.3, 0.4) is 0 Å². The zero-order valence-corrected chi connectivity index (χ0v) is 7.53. The summed E-state index contributed by atoms with van der Waals surface area (Å²) in [7, 11) is 0. The summed E-state index contributed by atoms with van der Waals surface area (Å²) in [5.74, 6) is -0.491. The van der Waals surface area contributed by atoms with Crippen LogP contribution in [0.25, 0.3) is 0 Å². The largest absolute Gasteiger partial charge is 0.475 e. The molecule has 1 N–H and O–H groups in total. The van der Waals surface area contributed by atoms with Gasteiger partial charge in [0, 0.05) is 6.54 Å². The molecule has 1 aliphatic heterocycles. The Bertz CT molecular complexity index is 350. The fraction of sp³-hybridized carbons (Fsp3) is 0.571. The molecule has 1 aliphatic rings. The van der Waals surface area contributed by atoms with Crippen molar-refractivity contribution in [2.24, 2.45) is 0 Å². The molecule has 13 heavy (non-hydrogen) atoms. The van der Waals surface area contributed by atoms with Crippen LogP contribution in [0.4, 0.5) is 0 Å². The molecule has 0 saturated heterocycles. The number of halogens is 1. The molecule has 0 aliphatic carbocycles. The van der Waals surface area contributed by atoms with E-state index in [4.69, 9.17) is 16.7 Å². The summed E-state index contributed by atoms with van der Waals surface area (Å²) in [6, 6.07) is 0. The Morgan fingerprint density at radius 1 is 1.62 bits per heavy atom. The standard InChI is InChI=1S/C7H8ClN3O2/c8-4-2-1-3-11-5(4)9-10-6(11)7(12)13/h4H,1-3H2,(H,12,13).